The molecule has 1 aromatic carbocycles. The summed E-state index contributed by atoms with van der Waals surface area (Å²) in [5, 5.41) is 3.32. The number of hydrogen-bond donors (Lipinski definition) is 1. The van der Waals surface area contributed by atoms with Gasteiger partial charge < -0.3 is 5.32 Å². The van der Waals surface area contributed by atoms with Crippen molar-refractivity contribution in [3.05, 3.63) is 35.9 Å². The van der Waals surface area contributed by atoms with Crippen LogP contribution in [0.2, 0.25) is 0 Å². The second kappa shape index (κ2) is 5.75. The lowest BCUT2D eigenvalue weighted by molar-refractivity contribution is -0.141. The number of hydrogen-bond acceptors (Lipinski definition) is 3. The fourth-order valence-corrected chi connectivity index (χ4v) is 3.20. The zero-order valence-corrected chi connectivity index (χ0v) is 11.5. The third kappa shape index (κ3) is 2.48. The van der Waals surface area contributed by atoms with Crippen LogP contribution in [-0.2, 0) is 9.59 Å². The highest BCUT2D eigenvalue weighted by Crippen LogP contribution is 2.31. The summed E-state index contributed by atoms with van der Waals surface area (Å²) in [6.45, 7) is 1.72. The van der Waals surface area contributed by atoms with Gasteiger partial charge in [0.2, 0.25) is 11.8 Å². The fraction of sp³-hybridized carbons (Fsp3) is 0.500. The first-order chi connectivity index (χ1) is 9.77. The van der Waals surface area contributed by atoms with Crippen molar-refractivity contribution in [1.82, 2.24) is 10.2 Å². The molecule has 0 aliphatic carbocycles. The van der Waals surface area contributed by atoms with Gasteiger partial charge in [-0.25, -0.2) is 0 Å². The maximum absolute atomic E-state index is 12.6. The Labute approximate surface area is 119 Å². The van der Waals surface area contributed by atoms with Crippen LogP contribution >= 0.6 is 0 Å². The van der Waals surface area contributed by atoms with Crippen LogP contribution in [0.3, 0.4) is 0 Å². The highest BCUT2D eigenvalue weighted by molar-refractivity contribution is 6.06. The van der Waals surface area contributed by atoms with Crippen molar-refractivity contribution in [2.75, 3.05) is 13.1 Å². The second-order valence-electron chi connectivity index (χ2n) is 5.62. The monoisotopic (exact) mass is 272 g/mol. The fourth-order valence-electron chi connectivity index (χ4n) is 3.20. The van der Waals surface area contributed by atoms with E-state index >= 15 is 0 Å². The molecule has 0 saturated carbocycles. The zero-order valence-electron chi connectivity index (χ0n) is 11.5. The molecule has 1 aromatic rings. The lowest BCUT2D eigenvalue weighted by atomic mass is 9.98. The smallest absolute Gasteiger partial charge is 0.237 e. The third-order valence-electron chi connectivity index (χ3n) is 4.27. The molecule has 0 radical (unpaired) electrons. The molecule has 1 N–H and O–H groups in total. The van der Waals surface area contributed by atoms with E-state index in [-0.39, 0.29) is 23.8 Å². The molecule has 2 saturated heterocycles. The highest BCUT2D eigenvalue weighted by Gasteiger charge is 2.42. The average Bonchev–Trinajstić information content (AvgIpc) is 2.67. The summed E-state index contributed by atoms with van der Waals surface area (Å²) in [4.78, 5) is 26.4. The Kier molecular flexibility index (Phi) is 3.83. The van der Waals surface area contributed by atoms with Gasteiger partial charge in [0, 0.05) is 13.0 Å². The molecule has 2 atom stereocenters. The van der Waals surface area contributed by atoms with E-state index in [4.69, 9.17) is 0 Å². The normalized spacial score (nSPS) is 27.7. The zero-order chi connectivity index (χ0) is 13.9. The van der Waals surface area contributed by atoms with Crippen molar-refractivity contribution in [3.8, 4) is 0 Å². The summed E-state index contributed by atoms with van der Waals surface area (Å²) < 4.78 is 0. The van der Waals surface area contributed by atoms with Crippen LogP contribution < -0.4 is 5.32 Å². The van der Waals surface area contributed by atoms with Crippen molar-refractivity contribution in [3.63, 3.8) is 0 Å². The minimum atomic E-state index is -0.285. The van der Waals surface area contributed by atoms with Crippen LogP contribution in [0.5, 0.6) is 0 Å². The molecule has 4 nitrogen and oxygen atoms in total. The molecule has 2 unspecified atom stereocenters. The predicted molar refractivity (Wildman–Crippen MR) is 76.2 cm³/mol. The van der Waals surface area contributed by atoms with Gasteiger partial charge in [-0.2, -0.15) is 0 Å². The largest absolute Gasteiger partial charge is 0.315 e. The maximum atomic E-state index is 12.6. The summed E-state index contributed by atoms with van der Waals surface area (Å²) in [5.41, 5.74) is 0.954. The number of nitrogens with one attached hydrogen (secondary N) is 1. The Morgan fingerprint density at radius 3 is 2.70 bits per heavy atom. The van der Waals surface area contributed by atoms with Crippen molar-refractivity contribution in [2.24, 2.45) is 0 Å². The highest BCUT2D eigenvalue weighted by atomic mass is 16.2. The van der Waals surface area contributed by atoms with Crippen LogP contribution in [0.1, 0.15) is 37.2 Å². The summed E-state index contributed by atoms with van der Waals surface area (Å²) in [7, 11) is 0. The van der Waals surface area contributed by atoms with E-state index in [0.29, 0.717) is 6.42 Å². The average molecular weight is 272 g/mol. The van der Waals surface area contributed by atoms with Gasteiger partial charge in [0.25, 0.3) is 0 Å². The SMILES string of the molecule is O=C1CC(c2ccccc2)C(=O)N1C1CCCCNC1. The molecule has 4 heteroatoms. The van der Waals surface area contributed by atoms with Crippen LogP contribution in [-0.4, -0.2) is 35.8 Å². The molecule has 106 valence electrons. The Bertz CT molecular complexity index is 492. The second-order valence-corrected chi connectivity index (χ2v) is 5.62. The van der Waals surface area contributed by atoms with Crippen LogP contribution in [0.25, 0.3) is 0 Å². The molecule has 3 rings (SSSR count). The first-order valence-corrected chi connectivity index (χ1v) is 7.39. The predicted octanol–water partition coefficient (Wildman–Crippen LogP) is 1.67. The summed E-state index contributed by atoms with van der Waals surface area (Å²) >= 11 is 0. The summed E-state index contributed by atoms with van der Waals surface area (Å²) in [6.07, 6.45) is 3.44. The van der Waals surface area contributed by atoms with E-state index < -0.39 is 0 Å². The summed E-state index contributed by atoms with van der Waals surface area (Å²) in [5.74, 6) is -0.320. The molecule has 0 bridgehead atoms. The van der Waals surface area contributed by atoms with Gasteiger partial charge in [0.1, 0.15) is 0 Å². The van der Waals surface area contributed by atoms with Gasteiger partial charge in [0.15, 0.2) is 0 Å². The summed E-state index contributed by atoms with van der Waals surface area (Å²) in [6, 6.07) is 9.67. The molecular formula is C16H20N2O2. The van der Waals surface area contributed by atoms with E-state index in [2.05, 4.69) is 5.32 Å². The van der Waals surface area contributed by atoms with Crippen molar-refractivity contribution >= 4 is 11.8 Å². The molecule has 2 amide bonds. The van der Waals surface area contributed by atoms with E-state index in [1.165, 1.54) is 4.90 Å². The molecular weight excluding hydrogens is 252 g/mol. The van der Waals surface area contributed by atoms with Gasteiger partial charge in [-0.3, -0.25) is 14.5 Å². The van der Waals surface area contributed by atoms with Crippen molar-refractivity contribution in [1.29, 1.82) is 0 Å². The van der Waals surface area contributed by atoms with Gasteiger partial charge in [-0.05, 0) is 24.9 Å². The molecule has 2 heterocycles. The standard InChI is InChI=1S/C16H20N2O2/c19-15-10-14(12-6-2-1-3-7-12)16(20)18(15)13-8-4-5-9-17-11-13/h1-3,6-7,13-14,17H,4-5,8-11H2. The first-order valence-electron chi connectivity index (χ1n) is 7.39. The molecule has 0 spiro atoms. The minimum Gasteiger partial charge on any atom is -0.315 e. The number of nitrogens with zero attached hydrogens (tertiary/aromatic N) is 1. The molecule has 2 aliphatic heterocycles. The lowest BCUT2D eigenvalue weighted by Crippen LogP contribution is -2.44. The van der Waals surface area contributed by atoms with Crippen LogP contribution in [0.15, 0.2) is 30.3 Å². The Morgan fingerprint density at radius 1 is 1.10 bits per heavy atom. The number of amides is 2. The quantitative estimate of drug-likeness (QED) is 0.833. The number of imide groups is 1. The minimum absolute atomic E-state index is 0.0162. The van der Waals surface area contributed by atoms with Gasteiger partial charge in [0.05, 0.1) is 12.0 Å². The number of carbonyl (C=O) groups excluding carboxylic acids is 2. The number of likely N-dealkylation sites (tertiary alicyclic amines) is 1. The molecule has 2 fully saturated rings. The van der Waals surface area contributed by atoms with Crippen molar-refractivity contribution < 1.29 is 9.59 Å². The molecule has 2 aliphatic rings. The van der Waals surface area contributed by atoms with E-state index in [0.717, 1.165) is 37.9 Å². The third-order valence-corrected chi connectivity index (χ3v) is 4.27. The first kappa shape index (κ1) is 13.3. The number of carbonyl (C=O) groups is 2. The van der Waals surface area contributed by atoms with Crippen LogP contribution in [0, 0.1) is 0 Å². The maximum Gasteiger partial charge on any atom is 0.237 e. The Balaban J connectivity index is 1.80. The topological polar surface area (TPSA) is 49.4 Å². The Morgan fingerprint density at radius 2 is 1.90 bits per heavy atom. The Hall–Kier alpha value is -1.68. The van der Waals surface area contributed by atoms with E-state index in [1.807, 2.05) is 30.3 Å². The van der Waals surface area contributed by atoms with Crippen molar-refractivity contribution in [2.45, 2.75) is 37.6 Å². The van der Waals surface area contributed by atoms with Gasteiger partial charge in [-0.15, -0.1) is 0 Å². The van der Waals surface area contributed by atoms with Crippen LogP contribution in [0.4, 0.5) is 0 Å². The number of rotatable bonds is 2. The van der Waals surface area contributed by atoms with Gasteiger partial charge in [-0.1, -0.05) is 36.8 Å². The number of benzene rings is 1. The van der Waals surface area contributed by atoms with E-state index in [1.54, 1.807) is 0 Å². The van der Waals surface area contributed by atoms with E-state index in [9.17, 15) is 9.59 Å². The van der Waals surface area contributed by atoms with Gasteiger partial charge >= 0.3 is 0 Å². The molecule has 0 aromatic heterocycles. The molecule has 20 heavy (non-hydrogen) atoms. The lowest BCUT2D eigenvalue weighted by Gasteiger charge is -2.25.